The van der Waals surface area contributed by atoms with Crippen LogP contribution in [-0.2, 0) is 9.59 Å². The molecule has 2 amide bonds. The normalized spacial score (nSPS) is 13.0. The van der Waals surface area contributed by atoms with E-state index in [0.717, 1.165) is 18.4 Å². The van der Waals surface area contributed by atoms with Crippen molar-refractivity contribution in [1.29, 1.82) is 0 Å². The zero-order valence-corrected chi connectivity index (χ0v) is 15.6. The SMILES string of the molecule is O=C(COc1ccccc1)NCC(=O)Nc1cccc(-c2nnnn2C2CC2)c1. The fraction of sp³-hybridized carbons (Fsp3) is 0.250. The molecular weight excluding hydrogens is 372 g/mol. The van der Waals surface area contributed by atoms with Gasteiger partial charge in [-0.1, -0.05) is 30.3 Å². The molecule has 1 saturated carbocycles. The number of rotatable bonds is 8. The van der Waals surface area contributed by atoms with Crippen molar-refractivity contribution in [3.8, 4) is 17.1 Å². The van der Waals surface area contributed by atoms with E-state index in [1.807, 2.05) is 41.1 Å². The number of tetrazole rings is 1. The number of nitrogens with zero attached hydrogens (tertiary/aromatic N) is 4. The number of hydrogen-bond donors (Lipinski definition) is 2. The smallest absolute Gasteiger partial charge is 0.258 e. The van der Waals surface area contributed by atoms with Crippen LogP contribution in [0, 0.1) is 0 Å². The number of carbonyl (C=O) groups excluding carboxylic acids is 2. The first kappa shape index (κ1) is 18.6. The summed E-state index contributed by atoms with van der Waals surface area (Å²) in [5.74, 6) is 0.561. The van der Waals surface area contributed by atoms with Gasteiger partial charge < -0.3 is 15.4 Å². The highest BCUT2D eigenvalue weighted by Gasteiger charge is 2.28. The van der Waals surface area contributed by atoms with Crippen molar-refractivity contribution in [2.75, 3.05) is 18.5 Å². The van der Waals surface area contributed by atoms with E-state index in [1.54, 1.807) is 18.2 Å². The largest absolute Gasteiger partial charge is 0.484 e. The summed E-state index contributed by atoms with van der Waals surface area (Å²) >= 11 is 0. The van der Waals surface area contributed by atoms with Crippen molar-refractivity contribution < 1.29 is 14.3 Å². The van der Waals surface area contributed by atoms with Crippen LogP contribution < -0.4 is 15.4 Å². The van der Waals surface area contributed by atoms with Crippen LogP contribution in [0.5, 0.6) is 5.75 Å². The molecule has 2 N–H and O–H groups in total. The highest BCUT2D eigenvalue weighted by atomic mass is 16.5. The summed E-state index contributed by atoms with van der Waals surface area (Å²) in [4.78, 5) is 24.0. The zero-order chi connectivity index (χ0) is 20.1. The number of carbonyl (C=O) groups is 2. The minimum atomic E-state index is -0.374. The lowest BCUT2D eigenvalue weighted by Gasteiger charge is -2.09. The van der Waals surface area contributed by atoms with E-state index in [4.69, 9.17) is 4.74 Å². The number of nitrogens with one attached hydrogen (secondary N) is 2. The van der Waals surface area contributed by atoms with Gasteiger partial charge in [0.1, 0.15) is 5.75 Å². The molecule has 1 aromatic heterocycles. The van der Waals surface area contributed by atoms with E-state index in [-0.39, 0.29) is 25.0 Å². The van der Waals surface area contributed by atoms with Crippen molar-refractivity contribution in [3.63, 3.8) is 0 Å². The Balaban J connectivity index is 1.28. The van der Waals surface area contributed by atoms with Crippen LogP contribution in [0.25, 0.3) is 11.4 Å². The Kier molecular flexibility index (Phi) is 5.46. The average Bonchev–Trinajstić information content (AvgIpc) is 3.48. The number of anilines is 1. The van der Waals surface area contributed by atoms with Crippen LogP contribution in [0.3, 0.4) is 0 Å². The first-order valence-electron chi connectivity index (χ1n) is 9.32. The van der Waals surface area contributed by atoms with Gasteiger partial charge in [-0.25, -0.2) is 4.68 Å². The molecule has 1 aliphatic rings. The topological polar surface area (TPSA) is 111 Å². The molecule has 4 rings (SSSR count). The summed E-state index contributed by atoms with van der Waals surface area (Å²) < 4.78 is 7.16. The van der Waals surface area contributed by atoms with Gasteiger partial charge in [-0.05, 0) is 47.5 Å². The van der Waals surface area contributed by atoms with Crippen molar-refractivity contribution in [3.05, 3.63) is 54.6 Å². The van der Waals surface area contributed by atoms with Gasteiger partial charge in [-0.3, -0.25) is 9.59 Å². The lowest BCUT2D eigenvalue weighted by molar-refractivity contribution is -0.125. The highest BCUT2D eigenvalue weighted by Crippen LogP contribution is 2.36. The third-order valence-electron chi connectivity index (χ3n) is 4.35. The van der Waals surface area contributed by atoms with Gasteiger partial charge in [0.2, 0.25) is 5.91 Å². The van der Waals surface area contributed by atoms with Crippen LogP contribution in [0.15, 0.2) is 54.6 Å². The van der Waals surface area contributed by atoms with Crippen LogP contribution in [0.1, 0.15) is 18.9 Å². The summed E-state index contributed by atoms with van der Waals surface area (Å²) in [6.07, 6.45) is 2.14. The third kappa shape index (κ3) is 4.95. The zero-order valence-electron chi connectivity index (χ0n) is 15.6. The van der Waals surface area contributed by atoms with Gasteiger partial charge in [0.05, 0.1) is 12.6 Å². The monoisotopic (exact) mass is 392 g/mol. The maximum atomic E-state index is 12.2. The van der Waals surface area contributed by atoms with E-state index >= 15 is 0 Å². The molecule has 0 spiro atoms. The lowest BCUT2D eigenvalue weighted by atomic mass is 10.2. The molecule has 0 radical (unpaired) electrons. The van der Waals surface area contributed by atoms with E-state index in [1.165, 1.54) is 0 Å². The Morgan fingerprint density at radius 1 is 1.07 bits per heavy atom. The Bertz CT molecular complexity index is 1000. The summed E-state index contributed by atoms with van der Waals surface area (Å²) in [6.45, 7) is -0.308. The second kappa shape index (κ2) is 8.51. The Hall–Kier alpha value is -3.75. The number of para-hydroxylation sites is 1. The van der Waals surface area contributed by atoms with Crippen LogP contribution in [0.4, 0.5) is 5.69 Å². The lowest BCUT2D eigenvalue weighted by Crippen LogP contribution is -2.35. The number of amides is 2. The fourth-order valence-corrected chi connectivity index (χ4v) is 2.79. The molecule has 1 heterocycles. The molecule has 29 heavy (non-hydrogen) atoms. The second-order valence-electron chi connectivity index (χ2n) is 6.69. The van der Waals surface area contributed by atoms with E-state index in [0.29, 0.717) is 23.3 Å². The molecule has 1 fully saturated rings. The van der Waals surface area contributed by atoms with Crippen molar-refractivity contribution in [2.24, 2.45) is 0 Å². The van der Waals surface area contributed by atoms with E-state index < -0.39 is 0 Å². The highest BCUT2D eigenvalue weighted by molar-refractivity contribution is 5.95. The number of benzene rings is 2. The molecule has 0 unspecified atom stereocenters. The molecule has 1 aliphatic carbocycles. The van der Waals surface area contributed by atoms with Gasteiger partial charge in [-0.2, -0.15) is 0 Å². The van der Waals surface area contributed by atoms with Crippen LogP contribution in [0.2, 0.25) is 0 Å². The Morgan fingerprint density at radius 2 is 1.90 bits per heavy atom. The fourth-order valence-electron chi connectivity index (χ4n) is 2.79. The predicted octanol–water partition coefficient (Wildman–Crippen LogP) is 1.81. The minimum Gasteiger partial charge on any atom is -0.484 e. The minimum absolute atomic E-state index is 0.152. The number of hydrogen-bond acceptors (Lipinski definition) is 6. The Labute approximate surface area is 167 Å². The maximum Gasteiger partial charge on any atom is 0.258 e. The molecule has 2 aromatic carbocycles. The quantitative estimate of drug-likeness (QED) is 0.605. The van der Waals surface area contributed by atoms with Gasteiger partial charge >= 0.3 is 0 Å². The Morgan fingerprint density at radius 3 is 2.69 bits per heavy atom. The predicted molar refractivity (Wildman–Crippen MR) is 105 cm³/mol. The summed E-state index contributed by atoms with van der Waals surface area (Å²) in [5, 5.41) is 17.2. The first-order valence-corrected chi connectivity index (χ1v) is 9.32. The van der Waals surface area contributed by atoms with E-state index in [2.05, 4.69) is 26.2 Å². The van der Waals surface area contributed by atoms with Crippen molar-refractivity contribution >= 4 is 17.5 Å². The maximum absolute atomic E-state index is 12.2. The number of ether oxygens (including phenoxy) is 1. The molecule has 9 heteroatoms. The van der Waals surface area contributed by atoms with Gasteiger partial charge in [-0.15, -0.1) is 5.10 Å². The van der Waals surface area contributed by atoms with Gasteiger partial charge in [0.15, 0.2) is 12.4 Å². The summed E-state index contributed by atoms with van der Waals surface area (Å²) in [6, 6.07) is 16.7. The molecular formula is C20H20N6O3. The molecule has 148 valence electrons. The molecule has 0 saturated heterocycles. The van der Waals surface area contributed by atoms with Crippen molar-refractivity contribution in [2.45, 2.75) is 18.9 Å². The molecule has 0 bridgehead atoms. The van der Waals surface area contributed by atoms with Crippen LogP contribution in [-0.4, -0.2) is 45.2 Å². The summed E-state index contributed by atoms with van der Waals surface area (Å²) in [7, 11) is 0. The second-order valence-corrected chi connectivity index (χ2v) is 6.69. The van der Waals surface area contributed by atoms with Crippen molar-refractivity contribution in [1.82, 2.24) is 25.5 Å². The summed E-state index contributed by atoms with van der Waals surface area (Å²) in [5.41, 5.74) is 1.42. The van der Waals surface area contributed by atoms with Crippen LogP contribution >= 0.6 is 0 Å². The first-order chi connectivity index (χ1) is 14.2. The average molecular weight is 392 g/mol. The molecule has 3 aromatic rings. The molecule has 0 atom stereocenters. The van der Waals surface area contributed by atoms with Gasteiger partial charge in [0, 0.05) is 11.3 Å². The third-order valence-corrected chi connectivity index (χ3v) is 4.35. The standard InChI is InChI=1S/C20H20N6O3/c27-18(12-21-19(28)13-29-17-7-2-1-3-8-17)22-15-6-4-5-14(11-15)20-23-24-25-26(20)16-9-10-16/h1-8,11,16H,9-10,12-13H2,(H,21,28)(H,22,27). The molecule has 0 aliphatic heterocycles. The molecule has 9 nitrogen and oxygen atoms in total. The number of aromatic nitrogens is 4. The van der Waals surface area contributed by atoms with E-state index in [9.17, 15) is 9.59 Å². The van der Waals surface area contributed by atoms with Gasteiger partial charge in [0.25, 0.3) is 5.91 Å².